The SMILES string of the molecule is CCC(N)CC(=O)Nc1ccc(NC(N)=O)cc1. The standard InChI is InChI=1S/C12H18N4O2/c1-2-8(13)7-11(17)15-9-3-5-10(6-4-9)16-12(14)18/h3-6,8H,2,7,13H2,1H3,(H,15,17)(H3,14,16,18). The molecule has 0 radical (unpaired) electrons. The van der Waals surface area contributed by atoms with Gasteiger partial charge in [-0.3, -0.25) is 4.79 Å². The highest BCUT2D eigenvalue weighted by atomic mass is 16.2. The molecule has 6 nitrogen and oxygen atoms in total. The van der Waals surface area contributed by atoms with Crippen molar-refractivity contribution in [2.24, 2.45) is 11.5 Å². The molecule has 6 N–H and O–H groups in total. The number of carbonyl (C=O) groups excluding carboxylic acids is 2. The molecule has 6 heteroatoms. The van der Waals surface area contributed by atoms with Gasteiger partial charge >= 0.3 is 6.03 Å². The highest BCUT2D eigenvalue weighted by molar-refractivity contribution is 5.92. The largest absolute Gasteiger partial charge is 0.351 e. The third-order valence-corrected chi connectivity index (χ3v) is 2.41. The number of hydrogen-bond donors (Lipinski definition) is 4. The van der Waals surface area contributed by atoms with Gasteiger partial charge in [-0.15, -0.1) is 0 Å². The molecule has 0 aromatic heterocycles. The Morgan fingerprint density at radius 1 is 1.17 bits per heavy atom. The van der Waals surface area contributed by atoms with Gasteiger partial charge in [0.1, 0.15) is 0 Å². The Kier molecular flexibility index (Phi) is 5.13. The van der Waals surface area contributed by atoms with Crippen LogP contribution < -0.4 is 22.1 Å². The van der Waals surface area contributed by atoms with E-state index in [0.29, 0.717) is 11.4 Å². The fourth-order valence-corrected chi connectivity index (χ4v) is 1.37. The molecule has 0 aliphatic rings. The quantitative estimate of drug-likeness (QED) is 0.631. The third kappa shape index (κ3) is 4.84. The van der Waals surface area contributed by atoms with Gasteiger partial charge in [0, 0.05) is 23.8 Å². The van der Waals surface area contributed by atoms with Crippen molar-refractivity contribution in [2.75, 3.05) is 10.6 Å². The molecule has 3 amide bonds. The zero-order chi connectivity index (χ0) is 13.5. The molecule has 0 bridgehead atoms. The van der Waals surface area contributed by atoms with Crippen LogP contribution in [0.15, 0.2) is 24.3 Å². The van der Waals surface area contributed by atoms with Crippen LogP contribution in [0.3, 0.4) is 0 Å². The van der Waals surface area contributed by atoms with Gasteiger partial charge in [-0.1, -0.05) is 6.92 Å². The van der Waals surface area contributed by atoms with Crippen LogP contribution in [0, 0.1) is 0 Å². The summed E-state index contributed by atoms with van der Waals surface area (Å²) in [6, 6.07) is 5.92. The molecule has 0 spiro atoms. The molecule has 0 aliphatic heterocycles. The lowest BCUT2D eigenvalue weighted by Crippen LogP contribution is -2.26. The summed E-state index contributed by atoms with van der Waals surface area (Å²) >= 11 is 0. The van der Waals surface area contributed by atoms with Crippen molar-refractivity contribution in [3.05, 3.63) is 24.3 Å². The summed E-state index contributed by atoms with van der Waals surface area (Å²) in [4.78, 5) is 22.2. The normalized spacial score (nSPS) is 11.7. The van der Waals surface area contributed by atoms with Gasteiger partial charge in [-0.25, -0.2) is 4.79 Å². The summed E-state index contributed by atoms with van der Waals surface area (Å²) in [6.07, 6.45) is 1.05. The Labute approximate surface area is 106 Å². The number of primary amides is 1. The molecule has 18 heavy (non-hydrogen) atoms. The Bertz CT molecular complexity index is 417. The average Bonchev–Trinajstić information content (AvgIpc) is 2.30. The monoisotopic (exact) mass is 250 g/mol. The lowest BCUT2D eigenvalue weighted by Gasteiger charge is -2.10. The number of nitrogens with one attached hydrogen (secondary N) is 2. The highest BCUT2D eigenvalue weighted by Gasteiger charge is 2.07. The van der Waals surface area contributed by atoms with Gasteiger partial charge < -0.3 is 22.1 Å². The minimum Gasteiger partial charge on any atom is -0.351 e. The fourth-order valence-electron chi connectivity index (χ4n) is 1.37. The Hall–Kier alpha value is -2.08. The Balaban J connectivity index is 2.53. The highest BCUT2D eigenvalue weighted by Crippen LogP contribution is 2.13. The molecule has 0 heterocycles. The van der Waals surface area contributed by atoms with E-state index >= 15 is 0 Å². The molecular weight excluding hydrogens is 232 g/mol. The van der Waals surface area contributed by atoms with E-state index < -0.39 is 6.03 Å². The number of benzene rings is 1. The summed E-state index contributed by atoms with van der Waals surface area (Å²) in [5, 5.41) is 5.16. The lowest BCUT2D eigenvalue weighted by molar-refractivity contribution is -0.116. The summed E-state index contributed by atoms with van der Waals surface area (Å²) in [7, 11) is 0. The predicted octanol–water partition coefficient (Wildman–Crippen LogP) is 1.24. The maximum absolute atomic E-state index is 11.6. The summed E-state index contributed by atoms with van der Waals surface area (Å²) in [5.74, 6) is -0.125. The number of nitrogens with two attached hydrogens (primary N) is 2. The van der Waals surface area contributed by atoms with E-state index in [2.05, 4.69) is 10.6 Å². The maximum Gasteiger partial charge on any atom is 0.316 e. The molecule has 0 aliphatic carbocycles. The first-order valence-electron chi connectivity index (χ1n) is 5.73. The van der Waals surface area contributed by atoms with Crippen molar-refractivity contribution in [2.45, 2.75) is 25.8 Å². The summed E-state index contributed by atoms with van der Waals surface area (Å²) < 4.78 is 0. The van der Waals surface area contributed by atoms with Crippen LogP contribution >= 0.6 is 0 Å². The zero-order valence-corrected chi connectivity index (χ0v) is 10.3. The average molecular weight is 250 g/mol. The van der Waals surface area contributed by atoms with Crippen molar-refractivity contribution >= 4 is 23.3 Å². The number of amides is 3. The molecule has 0 fully saturated rings. The van der Waals surface area contributed by atoms with Gasteiger partial charge in [0.05, 0.1) is 0 Å². The van der Waals surface area contributed by atoms with E-state index in [-0.39, 0.29) is 18.4 Å². The third-order valence-electron chi connectivity index (χ3n) is 2.41. The molecule has 0 saturated heterocycles. The van der Waals surface area contributed by atoms with Crippen LogP contribution in [-0.2, 0) is 4.79 Å². The van der Waals surface area contributed by atoms with E-state index in [1.807, 2.05) is 6.92 Å². The number of hydrogen-bond acceptors (Lipinski definition) is 3. The van der Waals surface area contributed by atoms with Crippen molar-refractivity contribution in [3.63, 3.8) is 0 Å². The topological polar surface area (TPSA) is 110 Å². The number of anilines is 2. The second-order valence-electron chi connectivity index (χ2n) is 3.99. The minimum absolute atomic E-state index is 0.124. The smallest absolute Gasteiger partial charge is 0.316 e. The maximum atomic E-state index is 11.6. The number of rotatable bonds is 5. The van der Waals surface area contributed by atoms with Crippen molar-refractivity contribution in [1.82, 2.24) is 0 Å². The fraction of sp³-hybridized carbons (Fsp3) is 0.333. The van der Waals surface area contributed by atoms with Gasteiger partial charge in [0.2, 0.25) is 5.91 Å². The van der Waals surface area contributed by atoms with Gasteiger partial charge in [0.15, 0.2) is 0 Å². The summed E-state index contributed by atoms with van der Waals surface area (Å²) in [5.41, 5.74) is 11.9. The summed E-state index contributed by atoms with van der Waals surface area (Å²) in [6.45, 7) is 1.93. The van der Waals surface area contributed by atoms with Gasteiger partial charge in [0.25, 0.3) is 0 Å². The second-order valence-corrected chi connectivity index (χ2v) is 3.99. The molecule has 0 saturated carbocycles. The molecule has 1 aromatic carbocycles. The molecule has 98 valence electrons. The van der Waals surface area contributed by atoms with Crippen LogP contribution in [0.1, 0.15) is 19.8 Å². The van der Waals surface area contributed by atoms with E-state index in [4.69, 9.17) is 11.5 Å². The van der Waals surface area contributed by atoms with Crippen LogP contribution in [-0.4, -0.2) is 18.0 Å². The van der Waals surface area contributed by atoms with Crippen molar-refractivity contribution in [3.8, 4) is 0 Å². The number of carbonyl (C=O) groups is 2. The van der Waals surface area contributed by atoms with E-state index in [1.54, 1.807) is 24.3 Å². The van der Waals surface area contributed by atoms with Crippen LogP contribution in [0.2, 0.25) is 0 Å². The van der Waals surface area contributed by atoms with Crippen molar-refractivity contribution in [1.29, 1.82) is 0 Å². The minimum atomic E-state index is -0.624. The van der Waals surface area contributed by atoms with E-state index in [1.165, 1.54) is 0 Å². The number of urea groups is 1. The van der Waals surface area contributed by atoms with Crippen LogP contribution in [0.25, 0.3) is 0 Å². The van der Waals surface area contributed by atoms with Crippen LogP contribution in [0.5, 0.6) is 0 Å². The van der Waals surface area contributed by atoms with Gasteiger partial charge in [-0.05, 0) is 30.7 Å². The first kappa shape index (κ1) is 14.0. The van der Waals surface area contributed by atoms with Gasteiger partial charge in [-0.2, -0.15) is 0 Å². The first-order chi connectivity index (χ1) is 8.51. The predicted molar refractivity (Wildman–Crippen MR) is 71.2 cm³/mol. The van der Waals surface area contributed by atoms with Crippen LogP contribution in [0.4, 0.5) is 16.2 Å². The van der Waals surface area contributed by atoms with E-state index in [9.17, 15) is 9.59 Å². The molecule has 1 aromatic rings. The molecule has 1 unspecified atom stereocenters. The molecular formula is C12H18N4O2. The first-order valence-corrected chi connectivity index (χ1v) is 5.73. The second kappa shape index (κ2) is 6.61. The molecule has 1 atom stereocenters. The Morgan fingerprint density at radius 2 is 1.67 bits per heavy atom. The van der Waals surface area contributed by atoms with E-state index in [0.717, 1.165) is 6.42 Å². The zero-order valence-electron chi connectivity index (χ0n) is 10.3. The van der Waals surface area contributed by atoms with Crippen molar-refractivity contribution < 1.29 is 9.59 Å². The Morgan fingerprint density at radius 3 is 2.11 bits per heavy atom. The lowest BCUT2D eigenvalue weighted by atomic mass is 10.1. The molecule has 1 rings (SSSR count).